The Morgan fingerprint density at radius 2 is 2.00 bits per heavy atom. The highest BCUT2D eigenvalue weighted by atomic mass is 19.3. The van der Waals surface area contributed by atoms with Crippen molar-refractivity contribution < 1.29 is 33.0 Å². The number of hydrogen-bond donors (Lipinski definition) is 4. The Morgan fingerprint density at radius 3 is 2.75 bits per heavy atom. The van der Waals surface area contributed by atoms with Gasteiger partial charge in [0.25, 0.3) is 0 Å². The third-order valence-electron chi connectivity index (χ3n) is 6.67. The van der Waals surface area contributed by atoms with Gasteiger partial charge in [-0.2, -0.15) is 0 Å². The van der Waals surface area contributed by atoms with Crippen LogP contribution in [0, 0.1) is 5.92 Å². The molecule has 36 heavy (non-hydrogen) atoms. The summed E-state index contributed by atoms with van der Waals surface area (Å²) < 4.78 is 31.4. The Balaban J connectivity index is 1.27. The summed E-state index contributed by atoms with van der Waals surface area (Å²) in [6.45, 7) is 1.00. The molecule has 2 aliphatic rings. The fourth-order valence-corrected chi connectivity index (χ4v) is 4.45. The van der Waals surface area contributed by atoms with Crippen LogP contribution in [0.15, 0.2) is 12.1 Å². The van der Waals surface area contributed by atoms with E-state index in [9.17, 15) is 28.3 Å². The van der Waals surface area contributed by atoms with E-state index in [0.29, 0.717) is 12.8 Å². The molecule has 1 aliphatic carbocycles. The Hall–Kier alpha value is -2.98. The summed E-state index contributed by atoms with van der Waals surface area (Å²) >= 11 is 0. The van der Waals surface area contributed by atoms with Gasteiger partial charge in [-0.25, -0.2) is 23.4 Å². The Kier molecular flexibility index (Phi) is 10.2. The Labute approximate surface area is 209 Å². The lowest BCUT2D eigenvalue weighted by Crippen LogP contribution is -2.43. The number of anilines is 1. The van der Waals surface area contributed by atoms with Crippen LogP contribution in [0.25, 0.3) is 0 Å². The minimum atomic E-state index is -2.66. The van der Waals surface area contributed by atoms with E-state index in [1.807, 2.05) is 6.07 Å². The molecule has 9 nitrogen and oxygen atoms in total. The van der Waals surface area contributed by atoms with Gasteiger partial charge in [0.15, 0.2) is 0 Å². The number of fused-ring (bicyclic) bond motifs is 1. The van der Waals surface area contributed by atoms with Gasteiger partial charge in [0, 0.05) is 38.0 Å². The molecule has 0 saturated heterocycles. The van der Waals surface area contributed by atoms with Crippen LogP contribution >= 0.6 is 0 Å². The summed E-state index contributed by atoms with van der Waals surface area (Å²) in [6.07, 6.45) is 3.88. The van der Waals surface area contributed by atoms with Crippen LogP contribution in [0.1, 0.15) is 69.0 Å². The van der Waals surface area contributed by atoms with Crippen molar-refractivity contribution in [2.45, 2.75) is 82.6 Å². The van der Waals surface area contributed by atoms with E-state index in [2.05, 4.69) is 27.0 Å². The van der Waals surface area contributed by atoms with E-state index < -0.39 is 24.0 Å². The second-order valence-electron chi connectivity index (χ2n) is 9.62. The third-order valence-corrected chi connectivity index (χ3v) is 6.67. The van der Waals surface area contributed by atoms with E-state index in [1.165, 1.54) is 5.56 Å². The van der Waals surface area contributed by atoms with Crippen molar-refractivity contribution in [1.29, 1.82) is 0 Å². The van der Waals surface area contributed by atoms with E-state index in [-0.39, 0.29) is 57.1 Å². The van der Waals surface area contributed by atoms with E-state index in [1.54, 1.807) is 0 Å². The van der Waals surface area contributed by atoms with Crippen LogP contribution in [-0.2, 0) is 27.2 Å². The van der Waals surface area contributed by atoms with Gasteiger partial charge in [-0.1, -0.05) is 6.07 Å². The van der Waals surface area contributed by atoms with E-state index >= 15 is 0 Å². The van der Waals surface area contributed by atoms with Crippen molar-refractivity contribution in [1.82, 2.24) is 15.6 Å². The second-order valence-corrected chi connectivity index (χ2v) is 9.62. The molecule has 2 heterocycles. The van der Waals surface area contributed by atoms with E-state index in [0.717, 1.165) is 43.7 Å². The minimum absolute atomic E-state index is 0.00211. The van der Waals surface area contributed by atoms with Gasteiger partial charge in [-0.05, 0) is 68.9 Å². The lowest BCUT2D eigenvalue weighted by atomic mass is 9.87. The van der Waals surface area contributed by atoms with Crippen LogP contribution in [-0.4, -0.2) is 59.7 Å². The number of hydrogen-bond acceptors (Lipinski definition) is 6. The molecule has 0 radical (unpaired) electrons. The molecule has 1 aliphatic heterocycles. The molecular weight excluding hydrogens is 474 g/mol. The summed E-state index contributed by atoms with van der Waals surface area (Å²) in [7, 11) is 0. The van der Waals surface area contributed by atoms with Gasteiger partial charge in [0.2, 0.25) is 11.8 Å². The summed E-state index contributed by atoms with van der Waals surface area (Å²) in [5.74, 6) is -3.28. The molecule has 1 unspecified atom stereocenters. The molecule has 1 aromatic heterocycles. The van der Waals surface area contributed by atoms with E-state index in [4.69, 9.17) is 4.74 Å². The summed E-state index contributed by atoms with van der Waals surface area (Å²) in [6, 6.07) is 2.91. The van der Waals surface area contributed by atoms with Crippen molar-refractivity contribution in [2.75, 3.05) is 25.0 Å². The van der Waals surface area contributed by atoms with Crippen molar-refractivity contribution in [3.05, 3.63) is 23.4 Å². The first kappa shape index (κ1) is 27.6. The highest BCUT2D eigenvalue weighted by molar-refractivity contribution is 5.80. The summed E-state index contributed by atoms with van der Waals surface area (Å²) in [4.78, 5) is 40.1. The van der Waals surface area contributed by atoms with Crippen molar-refractivity contribution in [3.63, 3.8) is 0 Å². The number of unbranched alkanes of at least 4 members (excludes halogenated alkanes) is 1. The number of aryl methyl sites for hydroxylation is 2. The zero-order chi connectivity index (χ0) is 26.0. The molecule has 200 valence electrons. The highest BCUT2D eigenvalue weighted by Gasteiger charge is 2.35. The lowest BCUT2D eigenvalue weighted by molar-refractivity contribution is -0.139. The number of halogens is 2. The van der Waals surface area contributed by atoms with Crippen LogP contribution in [0.5, 0.6) is 0 Å². The maximum absolute atomic E-state index is 13.2. The predicted molar refractivity (Wildman–Crippen MR) is 129 cm³/mol. The van der Waals surface area contributed by atoms with Crippen LogP contribution in [0.4, 0.5) is 19.4 Å². The maximum Gasteiger partial charge on any atom is 0.407 e. The van der Waals surface area contributed by atoms with Crippen molar-refractivity contribution in [2.24, 2.45) is 5.92 Å². The minimum Gasteiger partial charge on any atom is -0.480 e. The van der Waals surface area contributed by atoms with Gasteiger partial charge >= 0.3 is 12.1 Å². The molecule has 2 amide bonds. The van der Waals surface area contributed by atoms with Crippen LogP contribution in [0.2, 0.25) is 0 Å². The molecule has 1 saturated carbocycles. The first-order valence-corrected chi connectivity index (χ1v) is 12.7. The predicted octanol–water partition coefficient (Wildman–Crippen LogP) is 3.66. The molecule has 11 heteroatoms. The first-order chi connectivity index (χ1) is 17.2. The topological polar surface area (TPSA) is 130 Å². The smallest absolute Gasteiger partial charge is 0.407 e. The van der Waals surface area contributed by atoms with Crippen LogP contribution in [0.3, 0.4) is 0 Å². The molecule has 3 rings (SSSR count). The number of amides is 2. The van der Waals surface area contributed by atoms with Gasteiger partial charge in [-0.3, -0.25) is 4.79 Å². The van der Waals surface area contributed by atoms with Crippen molar-refractivity contribution in [3.8, 4) is 0 Å². The molecular formula is C25H36F2N4O5. The number of carbonyl (C=O) groups excluding carboxylic acids is 2. The molecule has 4 N–H and O–H groups in total. The monoisotopic (exact) mass is 510 g/mol. The normalized spacial score (nSPS) is 17.8. The third kappa shape index (κ3) is 9.23. The average Bonchev–Trinajstić information content (AvgIpc) is 2.85. The number of rotatable bonds is 12. The Bertz CT molecular complexity index is 904. The van der Waals surface area contributed by atoms with Crippen LogP contribution < -0.4 is 16.0 Å². The average molecular weight is 511 g/mol. The summed E-state index contributed by atoms with van der Waals surface area (Å²) in [5, 5.41) is 17.6. The molecule has 0 bridgehead atoms. The quantitative estimate of drug-likeness (QED) is 0.316. The standard InChI is InChI=1S/C25H36F2N4O5/c26-25(27)12-9-17(10-13-25)16-36-24(35)31-20(23(33)34)11-15-28-21(32)6-2-1-5-19-8-7-18-4-3-14-29-22(18)30-19/h7-8,17,20H,1-6,9-16H2,(H,28,32)(H,29,30)(H,31,35)(H,33,34). The number of carboxylic acids is 1. The molecule has 0 aromatic carbocycles. The second kappa shape index (κ2) is 13.4. The van der Waals surface area contributed by atoms with Gasteiger partial charge in [0.1, 0.15) is 11.9 Å². The number of carbonyl (C=O) groups is 3. The number of carboxylic acid groups (broad SMARTS) is 1. The zero-order valence-electron chi connectivity index (χ0n) is 20.5. The number of alkyl carbamates (subject to hydrolysis) is 1. The number of aliphatic carboxylic acids is 1. The lowest BCUT2D eigenvalue weighted by Gasteiger charge is -2.27. The van der Waals surface area contributed by atoms with Gasteiger partial charge in [-0.15, -0.1) is 0 Å². The fraction of sp³-hybridized carbons (Fsp3) is 0.680. The van der Waals surface area contributed by atoms with Gasteiger partial charge < -0.3 is 25.8 Å². The SMILES string of the molecule is O=C(CCCCc1ccc2c(n1)NCCC2)NCCC(NC(=O)OCC1CCC(F)(F)CC1)C(=O)O. The molecule has 1 atom stereocenters. The number of nitrogens with zero attached hydrogens (tertiary/aromatic N) is 1. The zero-order valence-corrected chi connectivity index (χ0v) is 20.5. The summed E-state index contributed by atoms with van der Waals surface area (Å²) in [5.41, 5.74) is 2.23. The Morgan fingerprint density at radius 1 is 1.22 bits per heavy atom. The number of nitrogens with one attached hydrogen (secondary N) is 3. The molecule has 1 fully saturated rings. The fourth-order valence-electron chi connectivity index (χ4n) is 4.45. The number of aromatic nitrogens is 1. The molecule has 1 aromatic rings. The van der Waals surface area contributed by atoms with Crippen molar-refractivity contribution >= 4 is 23.8 Å². The first-order valence-electron chi connectivity index (χ1n) is 12.7. The molecule has 0 spiro atoms. The largest absolute Gasteiger partial charge is 0.480 e. The maximum atomic E-state index is 13.2. The van der Waals surface area contributed by atoms with Gasteiger partial charge in [0.05, 0.1) is 6.61 Å². The number of pyridine rings is 1. The highest BCUT2D eigenvalue weighted by Crippen LogP contribution is 2.36. The number of alkyl halides is 2. The number of ether oxygens (including phenoxy) is 1.